The van der Waals surface area contributed by atoms with Crippen molar-refractivity contribution in [3.05, 3.63) is 12.2 Å². The number of amides is 2. The van der Waals surface area contributed by atoms with Crippen LogP contribution >= 0.6 is 0 Å². The summed E-state index contributed by atoms with van der Waals surface area (Å²) in [6, 6.07) is 0.356. The zero-order valence-electron chi connectivity index (χ0n) is 18.2. The zero-order chi connectivity index (χ0) is 21.3. The van der Waals surface area contributed by atoms with Crippen molar-refractivity contribution in [3.8, 4) is 0 Å². The van der Waals surface area contributed by atoms with Gasteiger partial charge in [-0.3, -0.25) is 4.79 Å². The first-order chi connectivity index (χ1) is 13.0. The first-order valence-corrected chi connectivity index (χ1v) is 9.85. The lowest BCUT2D eigenvalue weighted by molar-refractivity contribution is -0.127. The van der Waals surface area contributed by atoms with E-state index in [4.69, 9.17) is 4.74 Å². The maximum absolute atomic E-state index is 11.9. The van der Waals surface area contributed by atoms with Crippen molar-refractivity contribution in [1.29, 1.82) is 0 Å². The maximum Gasteiger partial charge on any atom is 0.407 e. The normalized spacial score (nSPS) is 20.1. The molecule has 0 unspecified atom stereocenters. The van der Waals surface area contributed by atoms with Gasteiger partial charge in [-0.05, 0) is 53.4 Å². The van der Waals surface area contributed by atoms with E-state index in [1.807, 2.05) is 27.7 Å². The number of hydrogen-bond donors (Lipinski definition) is 3. The Kier molecular flexibility index (Phi) is 9.28. The summed E-state index contributed by atoms with van der Waals surface area (Å²) in [6.07, 6.45) is 3.16. The summed E-state index contributed by atoms with van der Waals surface area (Å²) < 4.78 is 5.32. The summed E-state index contributed by atoms with van der Waals surface area (Å²) in [5.74, 6) is 0.559. The summed E-state index contributed by atoms with van der Waals surface area (Å²) in [7, 11) is 3.43. The number of nitrogens with zero attached hydrogens (tertiary/aromatic N) is 2. The molecule has 0 saturated heterocycles. The van der Waals surface area contributed by atoms with Gasteiger partial charge in [-0.1, -0.05) is 12.2 Å². The SMILES string of the molecule is C=C(C)CNC(=NCC(=O)N(C)C)NC1CCC(NC(=O)OC(C)(C)C)CC1. The van der Waals surface area contributed by atoms with E-state index in [-0.39, 0.29) is 30.6 Å². The lowest BCUT2D eigenvalue weighted by Crippen LogP contribution is -2.48. The van der Waals surface area contributed by atoms with Gasteiger partial charge in [0, 0.05) is 32.7 Å². The van der Waals surface area contributed by atoms with Crippen LogP contribution in [0.3, 0.4) is 0 Å². The molecule has 2 amide bonds. The molecule has 1 aliphatic rings. The van der Waals surface area contributed by atoms with Crippen LogP contribution in [0.15, 0.2) is 17.1 Å². The quantitative estimate of drug-likeness (QED) is 0.363. The highest BCUT2D eigenvalue weighted by Gasteiger charge is 2.25. The number of carbonyl (C=O) groups is 2. The van der Waals surface area contributed by atoms with Gasteiger partial charge in [0.05, 0.1) is 0 Å². The van der Waals surface area contributed by atoms with E-state index in [2.05, 4.69) is 27.5 Å². The topological polar surface area (TPSA) is 95.1 Å². The predicted molar refractivity (Wildman–Crippen MR) is 112 cm³/mol. The van der Waals surface area contributed by atoms with E-state index >= 15 is 0 Å². The van der Waals surface area contributed by atoms with Gasteiger partial charge in [-0.25, -0.2) is 9.79 Å². The van der Waals surface area contributed by atoms with E-state index in [0.29, 0.717) is 12.5 Å². The Balaban J connectivity index is 2.53. The second-order valence-corrected chi connectivity index (χ2v) is 8.60. The number of alkyl carbamates (subject to hydrolysis) is 1. The van der Waals surface area contributed by atoms with Crippen LogP contribution in [0.5, 0.6) is 0 Å². The molecule has 0 heterocycles. The molecule has 8 nitrogen and oxygen atoms in total. The van der Waals surface area contributed by atoms with Crippen LogP contribution in [0.1, 0.15) is 53.4 Å². The molecule has 1 aliphatic carbocycles. The molecule has 0 atom stereocenters. The molecule has 0 bridgehead atoms. The van der Waals surface area contributed by atoms with Gasteiger partial charge >= 0.3 is 6.09 Å². The lowest BCUT2D eigenvalue weighted by Gasteiger charge is -2.31. The minimum absolute atomic E-state index is 0.0540. The third-order valence-corrected chi connectivity index (χ3v) is 4.22. The molecule has 1 fully saturated rings. The Hall–Kier alpha value is -2.25. The molecule has 1 saturated carbocycles. The molecule has 3 N–H and O–H groups in total. The predicted octanol–water partition coefficient (Wildman–Crippen LogP) is 2.02. The number of guanidine groups is 1. The number of hydrogen-bond acceptors (Lipinski definition) is 4. The molecule has 0 aromatic carbocycles. The van der Waals surface area contributed by atoms with Crippen LogP contribution in [0.4, 0.5) is 4.79 Å². The van der Waals surface area contributed by atoms with Crippen LogP contribution in [0, 0.1) is 0 Å². The van der Waals surface area contributed by atoms with Crippen LogP contribution in [-0.2, 0) is 9.53 Å². The molecular formula is C20H37N5O3. The molecule has 0 aliphatic heterocycles. The number of rotatable bonds is 6. The minimum atomic E-state index is -0.493. The smallest absolute Gasteiger partial charge is 0.407 e. The molecule has 160 valence electrons. The Bertz CT molecular complexity index is 573. The Labute approximate surface area is 169 Å². The largest absolute Gasteiger partial charge is 0.444 e. The molecule has 0 aromatic heterocycles. The van der Waals surface area contributed by atoms with Crippen molar-refractivity contribution in [2.45, 2.75) is 71.1 Å². The second-order valence-electron chi connectivity index (χ2n) is 8.60. The standard InChI is InChI=1S/C20H37N5O3/c1-14(2)12-21-18(22-13-17(26)25(6)7)23-15-8-10-16(11-9-15)24-19(27)28-20(3,4)5/h15-16H,1,8-13H2,2-7H3,(H,24,27)(H2,21,22,23). The summed E-state index contributed by atoms with van der Waals surface area (Å²) >= 11 is 0. The van der Waals surface area contributed by atoms with Crippen molar-refractivity contribution in [1.82, 2.24) is 20.9 Å². The highest BCUT2D eigenvalue weighted by atomic mass is 16.6. The third kappa shape index (κ3) is 10.2. The Morgan fingerprint density at radius 3 is 2.11 bits per heavy atom. The monoisotopic (exact) mass is 395 g/mol. The summed E-state index contributed by atoms with van der Waals surface area (Å²) in [5.41, 5.74) is 0.492. The fourth-order valence-corrected chi connectivity index (χ4v) is 2.72. The number of aliphatic imine (C=N–C) groups is 1. The fourth-order valence-electron chi connectivity index (χ4n) is 2.72. The van der Waals surface area contributed by atoms with E-state index < -0.39 is 5.60 Å². The van der Waals surface area contributed by atoms with Gasteiger partial charge in [0.25, 0.3) is 0 Å². The van der Waals surface area contributed by atoms with Gasteiger partial charge < -0.3 is 25.6 Å². The number of ether oxygens (including phenoxy) is 1. The van der Waals surface area contributed by atoms with Crippen LogP contribution in [0.2, 0.25) is 0 Å². The maximum atomic E-state index is 11.9. The first kappa shape index (κ1) is 23.8. The summed E-state index contributed by atoms with van der Waals surface area (Å²) in [5, 5.41) is 9.55. The summed E-state index contributed by atoms with van der Waals surface area (Å²) in [6.45, 7) is 12.1. The van der Waals surface area contributed by atoms with E-state index in [1.54, 1.807) is 14.1 Å². The van der Waals surface area contributed by atoms with Gasteiger partial charge in [0.2, 0.25) is 5.91 Å². The highest BCUT2D eigenvalue weighted by Crippen LogP contribution is 2.19. The van der Waals surface area contributed by atoms with Crippen LogP contribution in [0.25, 0.3) is 0 Å². The van der Waals surface area contributed by atoms with E-state index in [0.717, 1.165) is 31.3 Å². The average Bonchev–Trinajstić information content (AvgIpc) is 2.56. The van der Waals surface area contributed by atoms with E-state index in [1.165, 1.54) is 4.90 Å². The van der Waals surface area contributed by atoms with Gasteiger partial charge in [-0.2, -0.15) is 0 Å². The number of likely N-dealkylation sites (N-methyl/N-ethyl adjacent to an activating group) is 1. The van der Waals surface area contributed by atoms with Crippen molar-refractivity contribution < 1.29 is 14.3 Å². The minimum Gasteiger partial charge on any atom is -0.444 e. The Morgan fingerprint density at radius 2 is 1.64 bits per heavy atom. The summed E-state index contributed by atoms with van der Waals surface area (Å²) in [4.78, 5) is 29.6. The van der Waals surface area contributed by atoms with E-state index in [9.17, 15) is 9.59 Å². The molecule has 1 rings (SSSR count). The van der Waals surface area contributed by atoms with Gasteiger partial charge in [0.15, 0.2) is 5.96 Å². The molecule has 0 aromatic rings. The van der Waals surface area contributed by atoms with Crippen molar-refractivity contribution in [3.63, 3.8) is 0 Å². The fraction of sp³-hybridized carbons (Fsp3) is 0.750. The molecule has 28 heavy (non-hydrogen) atoms. The first-order valence-electron chi connectivity index (χ1n) is 9.85. The zero-order valence-corrected chi connectivity index (χ0v) is 18.2. The third-order valence-electron chi connectivity index (χ3n) is 4.22. The lowest BCUT2D eigenvalue weighted by atomic mass is 9.91. The van der Waals surface area contributed by atoms with Crippen molar-refractivity contribution >= 4 is 18.0 Å². The van der Waals surface area contributed by atoms with Gasteiger partial charge in [-0.15, -0.1) is 0 Å². The molecule has 0 radical (unpaired) electrons. The molecule has 8 heteroatoms. The number of nitrogens with one attached hydrogen (secondary N) is 3. The molecule has 0 spiro atoms. The van der Waals surface area contributed by atoms with Crippen LogP contribution < -0.4 is 16.0 Å². The van der Waals surface area contributed by atoms with Crippen LogP contribution in [-0.4, -0.2) is 67.7 Å². The second kappa shape index (κ2) is 10.9. The van der Waals surface area contributed by atoms with Crippen molar-refractivity contribution in [2.75, 3.05) is 27.2 Å². The van der Waals surface area contributed by atoms with Gasteiger partial charge in [0.1, 0.15) is 12.1 Å². The van der Waals surface area contributed by atoms with Crippen molar-refractivity contribution in [2.24, 2.45) is 4.99 Å². The Morgan fingerprint density at radius 1 is 1.11 bits per heavy atom. The number of carbonyl (C=O) groups excluding carboxylic acids is 2. The highest BCUT2D eigenvalue weighted by molar-refractivity contribution is 5.85. The molecular weight excluding hydrogens is 358 g/mol. The average molecular weight is 396 g/mol.